The Balaban J connectivity index is 1.75. The number of hydrogen-bond donors (Lipinski definition) is 2. The molecule has 0 unspecified atom stereocenters. The first-order valence-electron chi connectivity index (χ1n) is 7.90. The molecular weight excluding hydrogens is 298 g/mol. The number of nitrogens with zero attached hydrogens (tertiary/aromatic N) is 2. The number of aliphatic hydroxyl groups is 1. The molecule has 2 aromatic heterocycles. The summed E-state index contributed by atoms with van der Waals surface area (Å²) in [7, 11) is 0. The Labute approximate surface area is 135 Å². The van der Waals surface area contributed by atoms with Crippen LogP contribution in [-0.4, -0.2) is 33.8 Å². The van der Waals surface area contributed by atoms with Crippen molar-refractivity contribution in [3.63, 3.8) is 0 Å². The minimum atomic E-state index is -0.193. The van der Waals surface area contributed by atoms with Crippen molar-refractivity contribution in [3.05, 3.63) is 24.3 Å². The molecule has 7 nitrogen and oxygen atoms in total. The summed E-state index contributed by atoms with van der Waals surface area (Å²) in [5.41, 5.74) is 0. The second kappa shape index (κ2) is 8.47. The lowest BCUT2D eigenvalue weighted by Gasteiger charge is -2.22. The second-order valence-corrected chi connectivity index (χ2v) is 5.58. The highest BCUT2D eigenvalue weighted by molar-refractivity contribution is 5.76. The van der Waals surface area contributed by atoms with Crippen molar-refractivity contribution in [2.45, 2.75) is 45.6 Å². The molecule has 2 atom stereocenters. The topological polar surface area (TPSA) is 101 Å². The zero-order valence-corrected chi connectivity index (χ0v) is 13.5. The molecule has 0 fully saturated rings. The lowest BCUT2D eigenvalue weighted by atomic mass is 10.00. The van der Waals surface area contributed by atoms with Crippen LogP contribution in [0.25, 0.3) is 11.6 Å². The van der Waals surface area contributed by atoms with Crippen LogP contribution in [0.5, 0.6) is 0 Å². The van der Waals surface area contributed by atoms with Crippen molar-refractivity contribution >= 4 is 5.91 Å². The third-order valence-corrected chi connectivity index (χ3v) is 3.88. The molecule has 0 saturated heterocycles. The predicted octanol–water partition coefficient (Wildman–Crippen LogP) is 2.18. The number of amides is 1. The minimum absolute atomic E-state index is 0.0447. The molecule has 2 aromatic rings. The van der Waals surface area contributed by atoms with Crippen LogP contribution in [0.4, 0.5) is 0 Å². The molecule has 0 saturated carbocycles. The van der Waals surface area contributed by atoms with Gasteiger partial charge in [-0.2, -0.15) is 4.98 Å². The van der Waals surface area contributed by atoms with Gasteiger partial charge in [0.1, 0.15) is 0 Å². The molecule has 0 aliphatic rings. The van der Waals surface area contributed by atoms with Gasteiger partial charge in [0.2, 0.25) is 17.6 Å². The maximum Gasteiger partial charge on any atom is 0.238 e. The normalized spacial score (nSPS) is 13.7. The summed E-state index contributed by atoms with van der Waals surface area (Å²) in [4.78, 5) is 16.1. The van der Waals surface area contributed by atoms with Gasteiger partial charge in [0.25, 0.3) is 0 Å². The van der Waals surface area contributed by atoms with Gasteiger partial charge in [-0.3, -0.25) is 4.79 Å². The summed E-state index contributed by atoms with van der Waals surface area (Å²) >= 11 is 0. The van der Waals surface area contributed by atoms with E-state index in [9.17, 15) is 9.90 Å². The van der Waals surface area contributed by atoms with Gasteiger partial charge in [0, 0.05) is 12.8 Å². The summed E-state index contributed by atoms with van der Waals surface area (Å²) < 4.78 is 10.3. The molecule has 0 radical (unpaired) electrons. The zero-order chi connectivity index (χ0) is 16.7. The van der Waals surface area contributed by atoms with Crippen molar-refractivity contribution in [2.24, 2.45) is 5.92 Å². The fourth-order valence-electron chi connectivity index (χ4n) is 2.19. The number of hydrogen-bond acceptors (Lipinski definition) is 6. The summed E-state index contributed by atoms with van der Waals surface area (Å²) in [6, 6.07) is 3.32. The highest BCUT2D eigenvalue weighted by Crippen LogP contribution is 2.16. The van der Waals surface area contributed by atoms with Crippen LogP contribution < -0.4 is 5.32 Å². The molecule has 126 valence electrons. The first kappa shape index (κ1) is 17.2. The van der Waals surface area contributed by atoms with Gasteiger partial charge in [-0.05, 0) is 24.5 Å². The van der Waals surface area contributed by atoms with Crippen molar-refractivity contribution in [1.29, 1.82) is 0 Å². The molecule has 23 heavy (non-hydrogen) atoms. The molecule has 0 bridgehead atoms. The Bertz CT molecular complexity index is 594. The molecule has 7 heteroatoms. The molecule has 1 amide bonds. The van der Waals surface area contributed by atoms with Crippen LogP contribution in [0.1, 0.15) is 39.0 Å². The molecule has 2 N–H and O–H groups in total. The number of rotatable bonds is 9. The van der Waals surface area contributed by atoms with E-state index in [4.69, 9.17) is 8.94 Å². The minimum Gasteiger partial charge on any atom is -0.461 e. The van der Waals surface area contributed by atoms with Crippen molar-refractivity contribution in [1.82, 2.24) is 15.5 Å². The van der Waals surface area contributed by atoms with Gasteiger partial charge >= 0.3 is 0 Å². The highest BCUT2D eigenvalue weighted by Gasteiger charge is 2.17. The Kier molecular flexibility index (Phi) is 6.34. The predicted molar refractivity (Wildman–Crippen MR) is 83.4 cm³/mol. The average Bonchev–Trinajstić information content (AvgIpc) is 3.22. The maximum absolute atomic E-state index is 11.9. The van der Waals surface area contributed by atoms with E-state index < -0.39 is 0 Å². The van der Waals surface area contributed by atoms with Crippen molar-refractivity contribution < 1.29 is 18.8 Å². The number of furan rings is 1. The Hall–Kier alpha value is -2.15. The number of aliphatic hydroxyl groups excluding tert-OH is 1. The van der Waals surface area contributed by atoms with Crippen molar-refractivity contribution in [3.8, 4) is 11.6 Å². The van der Waals surface area contributed by atoms with E-state index in [1.54, 1.807) is 18.4 Å². The van der Waals surface area contributed by atoms with Gasteiger partial charge < -0.3 is 19.4 Å². The Morgan fingerprint density at radius 2 is 2.30 bits per heavy atom. The molecule has 0 aromatic carbocycles. The van der Waals surface area contributed by atoms with E-state index in [1.807, 2.05) is 13.8 Å². The third-order valence-electron chi connectivity index (χ3n) is 3.88. The van der Waals surface area contributed by atoms with E-state index in [0.717, 1.165) is 6.42 Å². The van der Waals surface area contributed by atoms with Gasteiger partial charge in [0.05, 0.1) is 18.9 Å². The Morgan fingerprint density at radius 3 is 2.96 bits per heavy atom. The van der Waals surface area contributed by atoms with Gasteiger partial charge in [0.15, 0.2) is 5.76 Å². The van der Waals surface area contributed by atoms with Gasteiger partial charge in [-0.15, -0.1) is 0 Å². The Morgan fingerprint density at radius 1 is 1.48 bits per heavy atom. The van der Waals surface area contributed by atoms with Gasteiger partial charge in [-0.1, -0.05) is 25.4 Å². The molecule has 0 aliphatic heterocycles. The fourth-order valence-corrected chi connectivity index (χ4v) is 2.19. The van der Waals surface area contributed by atoms with Crippen LogP contribution in [0.3, 0.4) is 0 Å². The fraction of sp³-hybridized carbons (Fsp3) is 0.562. The average molecular weight is 321 g/mol. The number of carbonyl (C=O) groups excluding carboxylic acids is 1. The summed E-state index contributed by atoms with van der Waals surface area (Å²) in [6.07, 6.45) is 3.93. The third kappa shape index (κ3) is 4.92. The number of aromatic nitrogens is 2. The lowest BCUT2D eigenvalue weighted by Crippen LogP contribution is -2.41. The summed E-state index contributed by atoms with van der Waals surface area (Å²) in [6.45, 7) is 4.00. The second-order valence-electron chi connectivity index (χ2n) is 5.58. The monoisotopic (exact) mass is 321 g/mol. The lowest BCUT2D eigenvalue weighted by molar-refractivity contribution is -0.122. The number of aryl methyl sites for hydroxylation is 1. The first-order chi connectivity index (χ1) is 11.1. The van der Waals surface area contributed by atoms with Gasteiger partial charge in [-0.25, -0.2) is 0 Å². The smallest absolute Gasteiger partial charge is 0.238 e. The van der Waals surface area contributed by atoms with Crippen LogP contribution in [0.15, 0.2) is 27.3 Å². The quantitative estimate of drug-likeness (QED) is 0.734. The zero-order valence-electron chi connectivity index (χ0n) is 13.5. The molecular formula is C16H23N3O4. The first-order valence-corrected chi connectivity index (χ1v) is 7.90. The van der Waals surface area contributed by atoms with E-state index in [2.05, 4.69) is 15.5 Å². The van der Waals surface area contributed by atoms with Crippen LogP contribution in [-0.2, 0) is 11.2 Å². The standard InChI is InChI=1S/C16H23N3O4/c1-3-11(2)12(10-20)17-14(21)7-4-8-15-18-16(19-23-15)13-6-5-9-22-13/h5-6,9,11-12,20H,3-4,7-8,10H2,1-2H3,(H,17,21)/t11-,12-/m1/s1. The van der Waals surface area contributed by atoms with Crippen LogP contribution >= 0.6 is 0 Å². The number of nitrogens with one attached hydrogen (secondary N) is 1. The van der Waals surface area contributed by atoms with E-state index in [0.29, 0.717) is 36.7 Å². The van der Waals surface area contributed by atoms with Crippen LogP contribution in [0.2, 0.25) is 0 Å². The highest BCUT2D eigenvalue weighted by atomic mass is 16.5. The van der Waals surface area contributed by atoms with E-state index >= 15 is 0 Å². The van der Waals surface area contributed by atoms with Crippen LogP contribution in [0, 0.1) is 5.92 Å². The molecule has 2 rings (SSSR count). The SMILES string of the molecule is CC[C@@H](C)[C@@H](CO)NC(=O)CCCc1nc(-c2ccco2)no1. The molecule has 0 spiro atoms. The largest absolute Gasteiger partial charge is 0.461 e. The van der Waals surface area contributed by atoms with E-state index in [1.165, 1.54) is 0 Å². The van der Waals surface area contributed by atoms with Crippen molar-refractivity contribution in [2.75, 3.05) is 6.61 Å². The summed E-state index contributed by atoms with van der Waals surface area (Å²) in [5.74, 6) is 1.61. The van der Waals surface area contributed by atoms with E-state index in [-0.39, 0.29) is 24.5 Å². The maximum atomic E-state index is 11.9. The molecule has 0 aliphatic carbocycles. The molecule has 2 heterocycles. The number of carbonyl (C=O) groups is 1. The summed E-state index contributed by atoms with van der Waals surface area (Å²) in [5, 5.41) is 16.0.